The van der Waals surface area contributed by atoms with Gasteiger partial charge >= 0.3 is 6.09 Å². The highest BCUT2D eigenvalue weighted by Crippen LogP contribution is 1.88. The molecule has 0 aromatic rings. The molecule has 1 amide bonds. The molecule has 3 nitrogen and oxygen atoms in total. The Hall–Kier alpha value is -0.730. The zero-order valence-electron chi connectivity index (χ0n) is 6.52. The lowest BCUT2D eigenvalue weighted by atomic mass is 10.3. The molecule has 59 valence electrons. The number of amides is 1. The minimum atomic E-state index is -0.365. The Morgan fingerprint density at radius 1 is 1.60 bits per heavy atom. The Labute approximate surface area is 61.8 Å². The predicted octanol–water partition coefficient (Wildman–Crippen LogP) is 1.69. The maximum atomic E-state index is 10.6. The summed E-state index contributed by atoms with van der Waals surface area (Å²) in [6, 6.07) is 0. The molecule has 0 bridgehead atoms. The van der Waals surface area contributed by atoms with Crippen LogP contribution >= 0.6 is 0 Å². The van der Waals surface area contributed by atoms with Crippen LogP contribution in [-0.2, 0) is 4.74 Å². The van der Waals surface area contributed by atoms with Gasteiger partial charge in [0, 0.05) is 0 Å². The van der Waals surface area contributed by atoms with E-state index >= 15 is 0 Å². The molecule has 0 aromatic heterocycles. The monoisotopic (exact) mass is 144 g/mol. The number of ether oxygens (including phenoxy) is 1. The molecule has 0 fully saturated rings. The SMILES string of the molecule is CCC[CH]NC(=O)OCC. The van der Waals surface area contributed by atoms with E-state index in [0.717, 1.165) is 12.8 Å². The molecule has 0 rings (SSSR count). The summed E-state index contributed by atoms with van der Waals surface area (Å²) in [6.07, 6.45) is 1.56. The number of unbranched alkanes of at least 4 members (excludes halogenated alkanes) is 1. The Balaban J connectivity index is 3.05. The van der Waals surface area contributed by atoms with Gasteiger partial charge in [-0.2, -0.15) is 0 Å². The third-order valence-corrected chi connectivity index (χ3v) is 0.928. The molecule has 0 aromatic carbocycles. The van der Waals surface area contributed by atoms with Crippen molar-refractivity contribution in [2.45, 2.75) is 26.7 Å². The van der Waals surface area contributed by atoms with E-state index in [1.807, 2.05) is 6.92 Å². The first kappa shape index (κ1) is 9.27. The van der Waals surface area contributed by atoms with Crippen molar-refractivity contribution < 1.29 is 9.53 Å². The highest BCUT2D eigenvalue weighted by atomic mass is 16.5. The molecule has 0 aliphatic carbocycles. The summed E-state index contributed by atoms with van der Waals surface area (Å²) in [6.45, 7) is 5.95. The topological polar surface area (TPSA) is 38.3 Å². The van der Waals surface area contributed by atoms with E-state index in [4.69, 9.17) is 0 Å². The van der Waals surface area contributed by atoms with Crippen LogP contribution in [0.5, 0.6) is 0 Å². The number of nitrogens with one attached hydrogen (secondary N) is 1. The number of carbonyl (C=O) groups is 1. The lowest BCUT2D eigenvalue weighted by molar-refractivity contribution is 0.154. The molecule has 1 radical (unpaired) electrons. The highest BCUT2D eigenvalue weighted by molar-refractivity contribution is 5.67. The lowest BCUT2D eigenvalue weighted by Gasteiger charge is -2.01. The number of rotatable bonds is 4. The fraction of sp³-hybridized carbons (Fsp3) is 0.714. The fourth-order valence-corrected chi connectivity index (χ4v) is 0.473. The zero-order chi connectivity index (χ0) is 7.82. The van der Waals surface area contributed by atoms with Crippen LogP contribution in [0.1, 0.15) is 26.7 Å². The molecule has 1 N–H and O–H groups in total. The summed E-state index contributed by atoms with van der Waals surface area (Å²) >= 11 is 0. The van der Waals surface area contributed by atoms with Crippen LogP contribution in [0.4, 0.5) is 4.79 Å². The zero-order valence-corrected chi connectivity index (χ0v) is 6.52. The first-order valence-electron chi connectivity index (χ1n) is 3.56. The van der Waals surface area contributed by atoms with E-state index in [0.29, 0.717) is 6.61 Å². The Bertz CT molecular complexity index is 93.6. The van der Waals surface area contributed by atoms with Crippen molar-refractivity contribution in [2.75, 3.05) is 6.61 Å². The molecule has 0 aliphatic rings. The van der Waals surface area contributed by atoms with Gasteiger partial charge in [0.05, 0.1) is 13.2 Å². The van der Waals surface area contributed by atoms with E-state index in [-0.39, 0.29) is 6.09 Å². The van der Waals surface area contributed by atoms with Crippen LogP contribution in [0.15, 0.2) is 0 Å². The van der Waals surface area contributed by atoms with E-state index in [2.05, 4.69) is 10.1 Å². The van der Waals surface area contributed by atoms with Crippen molar-refractivity contribution in [1.82, 2.24) is 5.32 Å². The van der Waals surface area contributed by atoms with Crippen LogP contribution in [-0.4, -0.2) is 12.7 Å². The summed E-state index contributed by atoms with van der Waals surface area (Å²) in [5.74, 6) is 0. The maximum Gasteiger partial charge on any atom is 0.407 e. The average Bonchev–Trinajstić information content (AvgIpc) is 1.89. The summed E-state index contributed by atoms with van der Waals surface area (Å²) < 4.78 is 4.61. The predicted molar refractivity (Wildman–Crippen MR) is 39.4 cm³/mol. The molecule has 0 saturated heterocycles. The summed E-state index contributed by atoms with van der Waals surface area (Å²) in [7, 11) is 0. The summed E-state index contributed by atoms with van der Waals surface area (Å²) in [5, 5.41) is 2.50. The van der Waals surface area contributed by atoms with Crippen molar-refractivity contribution in [3.63, 3.8) is 0 Å². The smallest absolute Gasteiger partial charge is 0.407 e. The number of hydrogen-bond acceptors (Lipinski definition) is 2. The van der Waals surface area contributed by atoms with Gasteiger partial charge in [0.2, 0.25) is 0 Å². The molecular formula is C7H14NO2. The molecule has 0 spiro atoms. The van der Waals surface area contributed by atoms with Crippen molar-refractivity contribution >= 4 is 6.09 Å². The van der Waals surface area contributed by atoms with Crippen molar-refractivity contribution in [2.24, 2.45) is 0 Å². The largest absolute Gasteiger partial charge is 0.450 e. The van der Waals surface area contributed by atoms with Gasteiger partial charge in [-0.15, -0.1) is 0 Å². The second kappa shape index (κ2) is 6.39. The van der Waals surface area contributed by atoms with Gasteiger partial charge in [0.25, 0.3) is 0 Å². The first-order chi connectivity index (χ1) is 4.81. The van der Waals surface area contributed by atoms with E-state index < -0.39 is 0 Å². The lowest BCUT2D eigenvalue weighted by Crippen LogP contribution is -2.21. The maximum absolute atomic E-state index is 10.6. The number of hydrogen-bond donors (Lipinski definition) is 1. The van der Waals surface area contributed by atoms with Crippen molar-refractivity contribution in [3.8, 4) is 0 Å². The van der Waals surface area contributed by atoms with Gasteiger partial charge in [-0.3, -0.25) is 0 Å². The Morgan fingerprint density at radius 2 is 2.30 bits per heavy atom. The molecule has 0 unspecified atom stereocenters. The van der Waals surface area contributed by atoms with Crippen LogP contribution in [0.2, 0.25) is 0 Å². The third-order valence-electron chi connectivity index (χ3n) is 0.928. The molecule has 10 heavy (non-hydrogen) atoms. The van der Waals surface area contributed by atoms with Gasteiger partial charge < -0.3 is 10.1 Å². The summed E-state index contributed by atoms with van der Waals surface area (Å²) in [5.41, 5.74) is 0. The molecule has 3 heteroatoms. The van der Waals surface area contributed by atoms with E-state index in [1.165, 1.54) is 0 Å². The minimum absolute atomic E-state index is 0.365. The molecule has 0 aliphatic heterocycles. The Kier molecular flexibility index (Phi) is 5.92. The molecule has 0 saturated carbocycles. The molecule has 0 atom stereocenters. The van der Waals surface area contributed by atoms with E-state index in [1.54, 1.807) is 13.5 Å². The Morgan fingerprint density at radius 3 is 2.80 bits per heavy atom. The fourth-order valence-electron chi connectivity index (χ4n) is 0.473. The van der Waals surface area contributed by atoms with Gasteiger partial charge in [0.1, 0.15) is 0 Å². The van der Waals surface area contributed by atoms with Gasteiger partial charge in [-0.05, 0) is 13.3 Å². The first-order valence-corrected chi connectivity index (χ1v) is 3.56. The van der Waals surface area contributed by atoms with Gasteiger partial charge in [-0.1, -0.05) is 13.3 Å². The standard InChI is InChI=1S/C7H14NO2/c1-3-5-6-8-7(9)10-4-2/h6H,3-5H2,1-2H3,(H,8,9). The van der Waals surface area contributed by atoms with Crippen molar-refractivity contribution in [1.29, 1.82) is 0 Å². The number of carbonyl (C=O) groups excluding carboxylic acids is 1. The average molecular weight is 144 g/mol. The summed E-state index contributed by atoms with van der Waals surface area (Å²) in [4.78, 5) is 10.6. The van der Waals surface area contributed by atoms with Crippen LogP contribution in [0.3, 0.4) is 0 Å². The van der Waals surface area contributed by atoms with Gasteiger partial charge in [0.15, 0.2) is 0 Å². The van der Waals surface area contributed by atoms with E-state index in [9.17, 15) is 4.79 Å². The van der Waals surface area contributed by atoms with Crippen molar-refractivity contribution in [3.05, 3.63) is 6.54 Å². The molecule has 0 heterocycles. The highest BCUT2D eigenvalue weighted by Gasteiger charge is 1.96. The van der Waals surface area contributed by atoms with Crippen LogP contribution in [0, 0.1) is 6.54 Å². The number of alkyl carbamates (subject to hydrolysis) is 1. The third kappa shape index (κ3) is 5.41. The quantitative estimate of drug-likeness (QED) is 0.610. The van der Waals surface area contributed by atoms with Crippen LogP contribution < -0.4 is 5.32 Å². The molecular weight excluding hydrogens is 130 g/mol. The second-order valence-electron chi connectivity index (χ2n) is 1.86. The minimum Gasteiger partial charge on any atom is -0.450 e. The normalized spacial score (nSPS) is 9.00. The second-order valence-corrected chi connectivity index (χ2v) is 1.86. The van der Waals surface area contributed by atoms with Gasteiger partial charge in [-0.25, -0.2) is 4.79 Å². The van der Waals surface area contributed by atoms with Crippen LogP contribution in [0.25, 0.3) is 0 Å².